The molecule has 0 spiro atoms. The molecule has 0 saturated carbocycles. The quantitative estimate of drug-likeness (QED) is 0.776. The summed E-state index contributed by atoms with van der Waals surface area (Å²) in [6.45, 7) is 2.99. The third-order valence-electron chi connectivity index (χ3n) is 5.93. The summed E-state index contributed by atoms with van der Waals surface area (Å²) >= 11 is 0. The summed E-state index contributed by atoms with van der Waals surface area (Å²) in [4.78, 5) is 29.0. The van der Waals surface area contributed by atoms with Crippen LogP contribution in [0.2, 0.25) is 0 Å². The fraction of sp³-hybridized carbons (Fsp3) is 0.417. The Morgan fingerprint density at radius 2 is 1.48 bits per heavy atom. The second kappa shape index (κ2) is 9.73. The maximum absolute atomic E-state index is 12.7. The molecule has 0 bridgehead atoms. The first-order valence-corrected chi connectivity index (χ1v) is 10.9. The van der Waals surface area contributed by atoms with Crippen LogP contribution in [0.15, 0.2) is 48.5 Å². The molecule has 0 atom stereocenters. The van der Waals surface area contributed by atoms with Crippen LogP contribution < -0.4 is 14.8 Å². The number of amides is 3. The van der Waals surface area contributed by atoms with Crippen LogP contribution in [0.4, 0.5) is 10.5 Å². The molecule has 4 rings (SSSR count). The highest BCUT2D eigenvalue weighted by atomic mass is 16.5. The smallest absolute Gasteiger partial charge is 0.319 e. The molecule has 2 saturated heterocycles. The maximum Gasteiger partial charge on any atom is 0.319 e. The minimum Gasteiger partial charge on any atom is -0.493 e. The maximum atomic E-state index is 12.7. The van der Waals surface area contributed by atoms with E-state index < -0.39 is 0 Å². The van der Waals surface area contributed by atoms with E-state index in [1.54, 1.807) is 7.11 Å². The van der Waals surface area contributed by atoms with Crippen LogP contribution in [0.3, 0.4) is 0 Å². The number of benzene rings is 2. The van der Waals surface area contributed by atoms with E-state index in [0.717, 1.165) is 31.6 Å². The van der Waals surface area contributed by atoms with Crippen molar-refractivity contribution in [3.63, 3.8) is 0 Å². The van der Waals surface area contributed by atoms with Gasteiger partial charge in [0.15, 0.2) is 11.5 Å². The van der Waals surface area contributed by atoms with Crippen molar-refractivity contribution in [1.29, 1.82) is 0 Å². The summed E-state index contributed by atoms with van der Waals surface area (Å²) in [6, 6.07) is 14.9. The van der Waals surface area contributed by atoms with E-state index in [0.29, 0.717) is 43.2 Å². The van der Waals surface area contributed by atoms with Crippen LogP contribution in [0.25, 0.3) is 0 Å². The number of urea groups is 1. The number of rotatable bonds is 5. The van der Waals surface area contributed by atoms with Crippen molar-refractivity contribution in [1.82, 2.24) is 9.80 Å². The molecule has 164 valence electrons. The Kier molecular flexibility index (Phi) is 6.60. The molecule has 7 heteroatoms. The average molecular weight is 424 g/mol. The summed E-state index contributed by atoms with van der Waals surface area (Å²) in [5.41, 5.74) is 0.730. The lowest BCUT2D eigenvalue weighted by Crippen LogP contribution is -2.47. The average Bonchev–Trinajstić information content (AvgIpc) is 3.35. The van der Waals surface area contributed by atoms with E-state index in [4.69, 9.17) is 9.47 Å². The summed E-state index contributed by atoms with van der Waals surface area (Å²) < 4.78 is 11.2. The van der Waals surface area contributed by atoms with E-state index in [1.165, 1.54) is 0 Å². The van der Waals surface area contributed by atoms with Crippen molar-refractivity contribution in [3.8, 4) is 17.2 Å². The normalized spacial score (nSPS) is 16.8. The molecule has 0 aromatic heterocycles. The molecule has 1 N–H and O–H groups in total. The Bertz CT molecular complexity index is 901. The van der Waals surface area contributed by atoms with Gasteiger partial charge in [-0.1, -0.05) is 12.1 Å². The van der Waals surface area contributed by atoms with Gasteiger partial charge >= 0.3 is 6.03 Å². The zero-order chi connectivity index (χ0) is 21.6. The lowest BCUT2D eigenvalue weighted by molar-refractivity contribution is -0.121. The van der Waals surface area contributed by atoms with Gasteiger partial charge in [-0.2, -0.15) is 0 Å². The van der Waals surface area contributed by atoms with Crippen LogP contribution in [0.1, 0.15) is 25.7 Å². The van der Waals surface area contributed by atoms with Gasteiger partial charge in [0.25, 0.3) is 0 Å². The van der Waals surface area contributed by atoms with Crippen molar-refractivity contribution in [3.05, 3.63) is 48.5 Å². The Morgan fingerprint density at radius 3 is 2.13 bits per heavy atom. The van der Waals surface area contributed by atoms with Gasteiger partial charge in [-0.3, -0.25) is 4.79 Å². The minimum absolute atomic E-state index is 0.00617. The van der Waals surface area contributed by atoms with Gasteiger partial charge in [-0.05, 0) is 62.1 Å². The van der Waals surface area contributed by atoms with E-state index in [9.17, 15) is 9.59 Å². The second-order valence-electron chi connectivity index (χ2n) is 8.00. The van der Waals surface area contributed by atoms with Crippen LogP contribution in [0, 0.1) is 5.92 Å². The van der Waals surface area contributed by atoms with Gasteiger partial charge < -0.3 is 24.6 Å². The van der Waals surface area contributed by atoms with Gasteiger partial charge in [0.05, 0.1) is 7.11 Å². The number of para-hydroxylation sites is 2. The largest absolute Gasteiger partial charge is 0.493 e. The summed E-state index contributed by atoms with van der Waals surface area (Å²) in [5, 5.41) is 2.99. The fourth-order valence-electron chi connectivity index (χ4n) is 4.12. The first-order chi connectivity index (χ1) is 15.1. The molecular weight excluding hydrogens is 394 g/mol. The second-order valence-corrected chi connectivity index (χ2v) is 8.00. The van der Waals surface area contributed by atoms with Crippen molar-refractivity contribution in [2.75, 3.05) is 38.6 Å². The highest BCUT2D eigenvalue weighted by molar-refractivity contribution is 5.92. The molecule has 31 heavy (non-hydrogen) atoms. The number of anilines is 1. The molecule has 2 fully saturated rings. The Hall–Kier alpha value is -3.22. The predicted molar refractivity (Wildman–Crippen MR) is 119 cm³/mol. The zero-order valence-corrected chi connectivity index (χ0v) is 17.9. The van der Waals surface area contributed by atoms with E-state index in [-0.39, 0.29) is 17.9 Å². The number of hydrogen-bond acceptors (Lipinski definition) is 4. The van der Waals surface area contributed by atoms with E-state index in [1.807, 2.05) is 58.3 Å². The molecule has 2 aliphatic heterocycles. The van der Waals surface area contributed by atoms with Crippen LogP contribution in [-0.4, -0.2) is 55.0 Å². The Balaban J connectivity index is 1.27. The molecule has 0 unspecified atom stereocenters. The number of likely N-dealkylation sites (tertiary alicyclic amines) is 2. The molecule has 0 aliphatic carbocycles. The van der Waals surface area contributed by atoms with E-state index in [2.05, 4.69) is 5.32 Å². The van der Waals surface area contributed by atoms with Crippen molar-refractivity contribution in [2.45, 2.75) is 25.7 Å². The lowest BCUT2D eigenvalue weighted by atomic mass is 9.96. The van der Waals surface area contributed by atoms with Crippen molar-refractivity contribution < 1.29 is 19.1 Å². The standard InChI is InChI=1S/C24H29N3O4/c1-30-21-6-2-3-7-22(21)31-20-10-8-19(9-11-20)25-23(28)18-12-16-27(17-13-18)24(29)26-14-4-5-15-26/h2-3,6-11,18H,4-5,12-17H2,1H3,(H,25,28). The molecule has 2 heterocycles. The van der Waals surface area contributed by atoms with Gasteiger partial charge in [0, 0.05) is 37.8 Å². The molecule has 0 radical (unpaired) electrons. The number of hydrogen-bond donors (Lipinski definition) is 1. The van der Waals surface area contributed by atoms with Gasteiger partial charge in [-0.15, -0.1) is 0 Å². The molecule has 2 aromatic rings. The third-order valence-corrected chi connectivity index (χ3v) is 5.93. The first-order valence-electron chi connectivity index (χ1n) is 10.9. The molecule has 2 aromatic carbocycles. The number of ether oxygens (including phenoxy) is 2. The SMILES string of the molecule is COc1ccccc1Oc1ccc(NC(=O)C2CCN(C(=O)N3CCCC3)CC2)cc1. The number of carbonyl (C=O) groups excluding carboxylic acids is 2. The summed E-state index contributed by atoms with van der Waals surface area (Å²) in [7, 11) is 1.60. The highest BCUT2D eigenvalue weighted by Gasteiger charge is 2.30. The summed E-state index contributed by atoms with van der Waals surface area (Å²) in [6.07, 6.45) is 3.57. The Labute approximate surface area is 182 Å². The number of methoxy groups -OCH3 is 1. The zero-order valence-electron chi connectivity index (χ0n) is 17.9. The van der Waals surface area contributed by atoms with E-state index >= 15 is 0 Å². The van der Waals surface area contributed by atoms with Gasteiger partial charge in [-0.25, -0.2) is 4.79 Å². The fourth-order valence-corrected chi connectivity index (χ4v) is 4.12. The lowest BCUT2D eigenvalue weighted by Gasteiger charge is -2.34. The molecular formula is C24H29N3O4. The van der Waals surface area contributed by atoms with Crippen molar-refractivity contribution >= 4 is 17.6 Å². The molecule has 3 amide bonds. The topological polar surface area (TPSA) is 71.1 Å². The highest BCUT2D eigenvalue weighted by Crippen LogP contribution is 2.31. The molecule has 7 nitrogen and oxygen atoms in total. The number of nitrogens with one attached hydrogen (secondary N) is 1. The Morgan fingerprint density at radius 1 is 0.871 bits per heavy atom. The van der Waals surface area contributed by atoms with Crippen LogP contribution in [0.5, 0.6) is 17.2 Å². The van der Waals surface area contributed by atoms with Crippen LogP contribution >= 0.6 is 0 Å². The number of carbonyl (C=O) groups is 2. The van der Waals surface area contributed by atoms with Crippen LogP contribution in [-0.2, 0) is 4.79 Å². The minimum atomic E-state index is -0.0767. The predicted octanol–water partition coefficient (Wildman–Crippen LogP) is 4.35. The first kappa shape index (κ1) is 21.0. The number of nitrogens with zero attached hydrogens (tertiary/aromatic N) is 2. The summed E-state index contributed by atoms with van der Waals surface area (Å²) in [5.74, 6) is 1.89. The number of piperidine rings is 1. The third kappa shape index (κ3) is 5.10. The van der Waals surface area contributed by atoms with Gasteiger partial charge in [0.2, 0.25) is 5.91 Å². The van der Waals surface area contributed by atoms with Gasteiger partial charge in [0.1, 0.15) is 5.75 Å². The monoisotopic (exact) mass is 423 g/mol. The van der Waals surface area contributed by atoms with Crippen molar-refractivity contribution in [2.24, 2.45) is 5.92 Å². The molecule has 2 aliphatic rings.